The number of nitrogens with zero attached hydrogens (tertiary/aromatic N) is 2. The number of aliphatic hydroxyl groups is 2. The molecule has 0 radical (unpaired) electrons. The van der Waals surface area contributed by atoms with Crippen molar-refractivity contribution in [2.75, 3.05) is 32.2 Å². The molecule has 61 heavy (non-hydrogen) atoms. The molecule has 2 rings (SSSR count). The molecule has 7 atom stereocenters. The number of nitrogens with two attached hydrogens (primary N) is 1. The molecular formula is C40H73N3Na2O14P2. The van der Waals surface area contributed by atoms with Gasteiger partial charge in [0.2, 0.25) is 0 Å². The van der Waals surface area contributed by atoms with E-state index in [1.807, 2.05) is 0 Å². The number of anilines is 1. The third-order valence-corrected chi connectivity index (χ3v) is 12.7. The van der Waals surface area contributed by atoms with Gasteiger partial charge in [0.15, 0.2) is 6.23 Å². The fourth-order valence-corrected chi connectivity index (χ4v) is 8.81. The third-order valence-electron chi connectivity index (χ3n) is 10.2. The summed E-state index contributed by atoms with van der Waals surface area (Å²) in [7, 11) is -11.3. The summed E-state index contributed by atoms with van der Waals surface area (Å²) in [5, 5.41) is 20.8. The monoisotopic (exact) mass is 927 g/mol. The van der Waals surface area contributed by atoms with Crippen LogP contribution in [0, 0.1) is 0 Å². The molecule has 1 aliphatic rings. The summed E-state index contributed by atoms with van der Waals surface area (Å²) in [5.41, 5.74) is 4.57. The molecule has 1 saturated heterocycles. The fraction of sp³-hybridized carbons (Fsp3) is 0.875. The quantitative estimate of drug-likeness (QED) is 0.0361. The minimum absolute atomic E-state index is 0. The first-order valence-electron chi connectivity index (χ1n) is 22.0. The molecule has 1 aromatic rings. The molecule has 2 heterocycles. The molecule has 0 saturated carbocycles. The number of ether oxygens (including phenoxy) is 3. The van der Waals surface area contributed by atoms with Crippen LogP contribution < -0.4 is 80.3 Å². The van der Waals surface area contributed by atoms with E-state index in [1.54, 1.807) is 0 Å². The van der Waals surface area contributed by atoms with E-state index in [-0.39, 0.29) is 78.0 Å². The molecule has 1 fully saturated rings. The number of nitrogen functional groups attached to an aromatic ring is 1. The van der Waals surface area contributed by atoms with Gasteiger partial charge in [0.1, 0.15) is 30.2 Å². The van der Waals surface area contributed by atoms with Crippen molar-refractivity contribution in [2.24, 2.45) is 0 Å². The largest absolute Gasteiger partial charge is 1.00 e. The minimum Gasteiger partial charge on any atom is -0.756 e. The molecule has 344 valence electrons. The van der Waals surface area contributed by atoms with Crippen LogP contribution in [0.4, 0.5) is 5.82 Å². The van der Waals surface area contributed by atoms with E-state index >= 15 is 0 Å². The molecule has 1 aromatic heterocycles. The fourth-order valence-electron chi connectivity index (χ4n) is 6.78. The molecule has 0 aromatic carbocycles. The molecule has 4 N–H and O–H groups in total. The van der Waals surface area contributed by atoms with Crippen LogP contribution in [0.5, 0.6) is 0 Å². The molecule has 7 unspecified atom stereocenters. The summed E-state index contributed by atoms with van der Waals surface area (Å²) in [6.45, 7) is 2.82. The number of phosphoric acid groups is 2. The van der Waals surface area contributed by atoms with Crippen molar-refractivity contribution in [3.63, 3.8) is 0 Å². The van der Waals surface area contributed by atoms with Gasteiger partial charge in [-0.05, 0) is 18.9 Å². The first-order chi connectivity index (χ1) is 28.3. The van der Waals surface area contributed by atoms with Crippen LogP contribution in [-0.2, 0) is 41.5 Å². The van der Waals surface area contributed by atoms with Crippen molar-refractivity contribution in [3.05, 3.63) is 22.7 Å². The first-order valence-corrected chi connectivity index (χ1v) is 25.0. The van der Waals surface area contributed by atoms with Crippen molar-refractivity contribution in [2.45, 2.75) is 199 Å². The average Bonchev–Trinajstić information content (AvgIpc) is 3.46. The SMILES string of the molecule is CCCCCCCCCCCCCCCCOCC(COP(=O)([O-])OP(=O)([O-])OCC1OC(n2ccc(N)nc2=O)C(O)C1O)OC(=O)CCCCCCCCCCC.[Na+].[Na+]. The summed E-state index contributed by atoms with van der Waals surface area (Å²) < 4.78 is 56.2. The second-order valence-corrected chi connectivity index (χ2v) is 18.5. The molecule has 0 bridgehead atoms. The van der Waals surface area contributed by atoms with Crippen LogP contribution >= 0.6 is 15.6 Å². The number of esters is 1. The first kappa shape index (κ1) is 61.2. The maximum Gasteiger partial charge on any atom is 1.00 e. The predicted octanol–water partition coefficient (Wildman–Crippen LogP) is 0.770. The Kier molecular flexibility index (Phi) is 36.5. The molecule has 17 nitrogen and oxygen atoms in total. The summed E-state index contributed by atoms with van der Waals surface area (Å²) in [6, 6.07) is 1.25. The number of hydrogen-bond acceptors (Lipinski definition) is 16. The molecule has 0 aliphatic carbocycles. The number of carbonyl (C=O) groups excluding carboxylic acids is 1. The maximum absolute atomic E-state index is 12.7. The second kappa shape index (κ2) is 36.4. The Balaban J connectivity index is 0.0000180. The molecular weight excluding hydrogens is 854 g/mol. The van der Waals surface area contributed by atoms with Crippen molar-refractivity contribution >= 4 is 27.4 Å². The van der Waals surface area contributed by atoms with Gasteiger partial charge in [-0.2, -0.15) is 4.98 Å². The second-order valence-electron chi connectivity index (χ2n) is 15.5. The zero-order valence-electron chi connectivity index (χ0n) is 37.5. The number of phosphoric ester groups is 2. The van der Waals surface area contributed by atoms with E-state index in [1.165, 1.54) is 96.0 Å². The summed E-state index contributed by atoms with van der Waals surface area (Å²) >= 11 is 0. The molecule has 21 heteroatoms. The molecule has 1 aliphatic heterocycles. The number of aliphatic hydroxyl groups excluding tert-OH is 2. The Morgan fingerprint density at radius 3 is 1.75 bits per heavy atom. The van der Waals surface area contributed by atoms with Crippen LogP contribution in [0.2, 0.25) is 0 Å². The average molecular weight is 928 g/mol. The zero-order chi connectivity index (χ0) is 43.4. The molecule has 0 spiro atoms. The van der Waals surface area contributed by atoms with E-state index in [9.17, 15) is 38.7 Å². The third kappa shape index (κ3) is 28.8. The van der Waals surface area contributed by atoms with E-state index in [2.05, 4.69) is 27.7 Å². The Hall–Kier alpha value is 0.250. The predicted molar refractivity (Wildman–Crippen MR) is 220 cm³/mol. The van der Waals surface area contributed by atoms with Crippen molar-refractivity contribution in [1.29, 1.82) is 0 Å². The summed E-state index contributed by atoms with van der Waals surface area (Å²) in [6.07, 6.45) is 20.1. The van der Waals surface area contributed by atoms with Gasteiger partial charge in [-0.1, -0.05) is 149 Å². The van der Waals surface area contributed by atoms with Crippen LogP contribution in [-0.4, -0.2) is 76.6 Å². The van der Waals surface area contributed by atoms with Crippen LogP contribution in [0.1, 0.15) is 174 Å². The van der Waals surface area contributed by atoms with Gasteiger partial charge in [0, 0.05) is 19.2 Å². The smallest absolute Gasteiger partial charge is 0.756 e. The summed E-state index contributed by atoms with van der Waals surface area (Å²) in [5.74, 6) is -0.659. The van der Waals surface area contributed by atoms with Crippen LogP contribution in [0.3, 0.4) is 0 Å². The number of carbonyl (C=O) groups is 1. The van der Waals surface area contributed by atoms with Gasteiger partial charge in [0.05, 0.1) is 19.8 Å². The van der Waals surface area contributed by atoms with E-state index in [0.29, 0.717) is 13.0 Å². The van der Waals surface area contributed by atoms with Gasteiger partial charge >= 0.3 is 70.8 Å². The zero-order valence-corrected chi connectivity index (χ0v) is 43.3. The van der Waals surface area contributed by atoms with Crippen molar-refractivity contribution < 1.29 is 121 Å². The standard InChI is InChI=1S/C40H75N3O14P2.2Na/c1-3-5-7-9-11-13-14-15-16-17-19-21-23-25-29-52-30-33(55-36(44)26-24-22-20-18-12-10-8-6-4-2)31-53-58(48,49)57-59(50,51)54-32-34-37(45)38(46)39(56-34)43-28-27-35(41)42-40(43)47;;/h27-28,33-34,37-39,45-46H,3-26,29-32H2,1-2H3,(H,48,49)(H,50,51)(H2,41,42,47);;/q;2*+1/p-2. The van der Waals surface area contributed by atoms with E-state index in [4.69, 9.17) is 24.5 Å². The van der Waals surface area contributed by atoms with Crippen molar-refractivity contribution in [3.8, 4) is 0 Å². The van der Waals surface area contributed by atoms with Gasteiger partial charge < -0.3 is 49.0 Å². The van der Waals surface area contributed by atoms with Gasteiger partial charge in [0.25, 0.3) is 15.6 Å². The summed E-state index contributed by atoms with van der Waals surface area (Å²) in [4.78, 5) is 53.5. The van der Waals surface area contributed by atoms with Gasteiger partial charge in [-0.15, -0.1) is 0 Å². The van der Waals surface area contributed by atoms with Gasteiger partial charge in [-0.3, -0.25) is 18.5 Å². The number of hydrogen-bond donors (Lipinski definition) is 3. The minimum atomic E-state index is -5.66. The normalized spacial score (nSPS) is 20.0. The van der Waals surface area contributed by atoms with E-state index in [0.717, 1.165) is 62.1 Å². The Morgan fingerprint density at radius 1 is 0.770 bits per heavy atom. The van der Waals surface area contributed by atoms with Crippen LogP contribution in [0.15, 0.2) is 17.1 Å². The number of rotatable bonds is 37. The Bertz CT molecular complexity index is 1430. The number of unbranched alkanes of at least 4 members (excludes halogenated alkanes) is 21. The van der Waals surface area contributed by atoms with E-state index < -0.39 is 71.2 Å². The maximum atomic E-state index is 12.7. The van der Waals surface area contributed by atoms with Gasteiger partial charge in [-0.25, -0.2) is 9.11 Å². The molecule has 0 amide bonds. The Labute approximate surface area is 408 Å². The van der Waals surface area contributed by atoms with Crippen LogP contribution in [0.25, 0.3) is 0 Å². The van der Waals surface area contributed by atoms with Crippen molar-refractivity contribution in [1.82, 2.24) is 9.55 Å². The topological polar surface area (TPSA) is 254 Å². The Morgan fingerprint density at radius 2 is 1.25 bits per heavy atom. The number of aromatic nitrogens is 2.